The first-order chi connectivity index (χ1) is 12.9. The second-order valence-electron chi connectivity index (χ2n) is 7.48. The molecule has 0 aliphatic rings. The van der Waals surface area contributed by atoms with Gasteiger partial charge in [0.2, 0.25) is 0 Å². The number of carboxylic acids is 2. The molecule has 0 bridgehead atoms. The summed E-state index contributed by atoms with van der Waals surface area (Å²) in [7, 11) is 0. The van der Waals surface area contributed by atoms with Gasteiger partial charge in [-0.3, -0.25) is 10.1 Å². The maximum atomic E-state index is 11.9. The van der Waals surface area contributed by atoms with E-state index in [1.54, 1.807) is 13.8 Å². The molecule has 0 heterocycles. The number of carbonyl (C=O) groups excluding carboxylic acids is 1. The molecule has 0 radical (unpaired) electrons. The van der Waals surface area contributed by atoms with Crippen LogP contribution in [0.4, 0.5) is 4.79 Å². The summed E-state index contributed by atoms with van der Waals surface area (Å²) in [5, 5.41) is 23.4. The highest BCUT2D eigenvalue weighted by Gasteiger charge is 2.33. The van der Waals surface area contributed by atoms with Crippen molar-refractivity contribution in [3.8, 4) is 0 Å². The minimum absolute atomic E-state index is 0.0274. The van der Waals surface area contributed by atoms with Crippen molar-refractivity contribution in [1.29, 1.82) is 0 Å². The molecule has 1 aromatic carbocycles. The van der Waals surface area contributed by atoms with Gasteiger partial charge in [-0.05, 0) is 33.3 Å². The molecule has 1 rings (SSSR count). The van der Waals surface area contributed by atoms with Crippen molar-refractivity contribution in [2.24, 2.45) is 0 Å². The fourth-order valence-corrected chi connectivity index (χ4v) is 2.08. The highest BCUT2D eigenvalue weighted by Crippen LogP contribution is 2.11. The Labute approximate surface area is 164 Å². The highest BCUT2D eigenvalue weighted by molar-refractivity contribution is 5.83. The number of benzene rings is 1. The number of amides is 1. The van der Waals surface area contributed by atoms with Crippen molar-refractivity contribution < 1.29 is 34.1 Å². The van der Waals surface area contributed by atoms with Gasteiger partial charge in [0.05, 0.1) is 13.2 Å². The zero-order chi connectivity index (χ0) is 21.4. The molecule has 0 aliphatic heterocycles. The first-order valence-corrected chi connectivity index (χ1v) is 8.75. The van der Waals surface area contributed by atoms with Crippen molar-refractivity contribution in [3.05, 3.63) is 35.9 Å². The summed E-state index contributed by atoms with van der Waals surface area (Å²) in [6, 6.07) is 8.35. The number of alkyl carbamates (subject to hydrolysis) is 1. The monoisotopic (exact) mass is 396 g/mol. The topological polar surface area (TPSA) is 134 Å². The van der Waals surface area contributed by atoms with Crippen molar-refractivity contribution in [2.45, 2.75) is 51.5 Å². The summed E-state index contributed by atoms with van der Waals surface area (Å²) in [5.74, 6) is -2.30. The van der Waals surface area contributed by atoms with E-state index in [1.807, 2.05) is 30.3 Å². The van der Waals surface area contributed by atoms with Gasteiger partial charge in [0.15, 0.2) is 0 Å². The number of hydrogen-bond acceptors (Lipinski definition) is 6. The van der Waals surface area contributed by atoms with Crippen molar-refractivity contribution in [1.82, 2.24) is 10.6 Å². The normalized spacial score (nSPS) is 12.9. The number of ether oxygens (including phenoxy) is 2. The van der Waals surface area contributed by atoms with Gasteiger partial charge in [-0.1, -0.05) is 30.3 Å². The third kappa shape index (κ3) is 8.36. The Morgan fingerprint density at radius 2 is 1.68 bits per heavy atom. The molecule has 0 aliphatic carbocycles. The molecule has 156 valence electrons. The molecular weight excluding hydrogens is 368 g/mol. The third-order valence-electron chi connectivity index (χ3n) is 3.79. The first-order valence-electron chi connectivity index (χ1n) is 8.75. The lowest BCUT2D eigenvalue weighted by molar-refractivity contribution is -0.144. The number of carboxylic acid groups (broad SMARTS) is 2. The predicted molar refractivity (Wildman–Crippen MR) is 101 cm³/mol. The Morgan fingerprint density at radius 1 is 1.07 bits per heavy atom. The van der Waals surface area contributed by atoms with Crippen LogP contribution in [0.3, 0.4) is 0 Å². The average molecular weight is 396 g/mol. The predicted octanol–water partition coefficient (Wildman–Crippen LogP) is 1.61. The van der Waals surface area contributed by atoms with Gasteiger partial charge in [0.1, 0.15) is 17.2 Å². The van der Waals surface area contributed by atoms with E-state index in [0.717, 1.165) is 5.56 Å². The fourth-order valence-electron chi connectivity index (χ4n) is 2.08. The van der Waals surface area contributed by atoms with Gasteiger partial charge in [-0.15, -0.1) is 0 Å². The molecular formula is C19H28N2O7. The van der Waals surface area contributed by atoms with Crippen LogP contribution in [-0.2, 0) is 25.7 Å². The van der Waals surface area contributed by atoms with Gasteiger partial charge in [0, 0.05) is 6.54 Å². The lowest BCUT2D eigenvalue weighted by atomic mass is 10.1. The fraction of sp³-hybridized carbons (Fsp3) is 0.526. The van der Waals surface area contributed by atoms with Gasteiger partial charge in [-0.25, -0.2) is 9.59 Å². The Balaban J connectivity index is 2.50. The lowest BCUT2D eigenvalue weighted by Crippen LogP contribution is -2.53. The van der Waals surface area contributed by atoms with Crippen molar-refractivity contribution in [3.63, 3.8) is 0 Å². The lowest BCUT2D eigenvalue weighted by Gasteiger charge is -2.29. The third-order valence-corrected chi connectivity index (χ3v) is 3.79. The Bertz CT molecular complexity index is 674. The maximum Gasteiger partial charge on any atom is 0.408 e. The summed E-state index contributed by atoms with van der Waals surface area (Å²) >= 11 is 0. The molecule has 1 atom stereocenters. The SMILES string of the molecule is CC(C)(CN[C@@H](COCc1ccccc1)C(=O)O)OC(=O)NC(C)(C)C(=O)O. The molecule has 0 unspecified atom stereocenters. The molecule has 1 aromatic rings. The number of aliphatic carboxylic acids is 2. The van der Waals surface area contributed by atoms with Crippen LogP contribution in [0.25, 0.3) is 0 Å². The van der Waals surface area contributed by atoms with Crippen molar-refractivity contribution >= 4 is 18.0 Å². The van der Waals surface area contributed by atoms with Crippen molar-refractivity contribution in [2.75, 3.05) is 13.2 Å². The molecule has 1 amide bonds. The molecule has 9 heteroatoms. The number of nitrogens with one attached hydrogen (secondary N) is 2. The molecule has 0 aromatic heterocycles. The standard InChI is InChI=1S/C19H28N2O7/c1-18(2,28-17(26)21-19(3,4)16(24)25)12-20-14(15(22)23)11-27-10-13-8-6-5-7-9-13/h5-9,14,20H,10-12H2,1-4H3,(H,21,26)(H,22,23)(H,24,25)/t14-/m0/s1. The zero-order valence-corrected chi connectivity index (χ0v) is 16.5. The number of rotatable bonds is 11. The van der Waals surface area contributed by atoms with Crippen LogP contribution in [0.2, 0.25) is 0 Å². The molecule has 0 saturated heterocycles. The van der Waals surface area contributed by atoms with E-state index in [-0.39, 0.29) is 19.8 Å². The van der Waals surface area contributed by atoms with Crippen LogP contribution >= 0.6 is 0 Å². The van der Waals surface area contributed by atoms with E-state index < -0.39 is 35.2 Å². The molecule has 0 fully saturated rings. The number of hydrogen-bond donors (Lipinski definition) is 4. The molecule has 9 nitrogen and oxygen atoms in total. The maximum absolute atomic E-state index is 11.9. The number of carbonyl (C=O) groups is 3. The van der Waals surface area contributed by atoms with Crippen LogP contribution in [0.5, 0.6) is 0 Å². The van der Waals surface area contributed by atoms with Crippen LogP contribution < -0.4 is 10.6 Å². The summed E-state index contributed by atoms with van der Waals surface area (Å²) in [4.78, 5) is 34.4. The van der Waals surface area contributed by atoms with E-state index in [1.165, 1.54) is 13.8 Å². The summed E-state index contributed by atoms with van der Waals surface area (Å²) in [6.45, 7) is 6.05. The largest absolute Gasteiger partial charge is 0.480 e. The molecule has 0 saturated carbocycles. The minimum atomic E-state index is -1.49. The van der Waals surface area contributed by atoms with E-state index in [9.17, 15) is 19.5 Å². The van der Waals surface area contributed by atoms with Gasteiger partial charge in [-0.2, -0.15) is 0 Å². The second kappa shape index (κ2) is 10.0. The van der Waals surface area contributed by atoms with E-state index in [0.29, 0.717) is 0 Å². The minimum Gasteiger partial charge on any atom is -0.480 e. The highest BCUT2D eigenvalue weighted by atomic mass is 16.6. The molecule has 28 heavy (non-hydrogen) atoms. The van der Waals surface area contributed by atoms with Gasteiger partial charge < -0.3 is 25.0 Å². The Hall–Kier alpha value is -2.65. The summed E-state index contributed by atoms with van der Waals surface area (Å²) < 4.78 is 10.7. The molecule has 0 spiro atoms. The van der Waals surface area contributed by atoms with Gasteiger partial charge >= 0.3 is 18.0 Å². The Morgan fingerprint density at radius 3 is 2.21 bits per heavy atom. The van der Waals surface area contributed by atoms with E-state index >= 15 is 0 Å². The van der Waals surface area contributed by atoms with Gasteiger partial charge in [0.25, 0.3) is 0 Å². The first kappa shape index (κ1) is 23.4. The van der Waals surface area contributed by atoms with Crippen LogP contribution in [0.1, 0.15) is 33.3 Å². The summed E-state index contributed by atoms with van der Waals surface area (Å²) in [5.41, 5.74) is -1.64. The second-order valence-corrected chi connectivity index (χ2v) is 7.48. The molecule has 4 N–H and O–H groups in total. The smallest absolute Gasteiger partial charge is 0.408 e. The summed E-state index contributed by atoms with van der Waals surface area (Å²) in [6.07, 6.45) is -0.911. The van der Waals surface area contributed by atoms with Crippen LogP contribution in [-0.4, -0.2) is 58.6 Å². The Kier molecular flexibility index (Phi) is 8.39. The van der Waals surface area contributed by atoms with E-state index in [2.05, 4.69) is 10.6 Å². The quantitative estimate of drug-likeness (QED) is 0.443. The van der Waals surface area contributed by atoms with Crippen LogP contribution in [0.15, 0.2) is 30.3 Å². The average Bonchev–Trinajstić information content (AvgIpc) is 2.57. The van der Waals surface area contributed by atoms with E-state index in [4.69, 9.17) is 14.6 Å². The van der Waals surface area contributed by atoms with Crippen LogP contribution in [0, 0.1) is 0 Å². The zero-order valence-electron chi connectivity index (χ0n) is 16.5.